The van der Waals surface area contributed by atoms with Crippen molar-refractivity contribution in [3.63, 3.8) is 0 Å². The summed E-state index contributed by atoms with van der Waals surface area (Å²) in [6, 6.07) is 3.64. The van der Waals surface area contributed by atoms with Gasteiger partial charge in [-0.15, -0.1) is 0 Å². The smallest absolute Gasteiger partial charge is 0.337 e. The minimum atomic E-state index is -1.09. The molecule has 0 N–H and O–H groups in total. The fourth-order valence-corrected chi connectivity index (χ4v) is 3.39. The highest BCUT2D eigenvalue weighted by molar-refractivity contribution is 5.96. The Morgan fingerprint density at radius 2 is 2.14 bits per heavy atom. The number of carbonyl (C=O) groups is 2. The summed E-state index contributed by atoms with van der Waals surface area (Å²) in [6.45, 7) is 2.19. The molecule has 114 valence electrons. The largest absolute Gasteiger partial charge is 0.464 e. The lowest BCUT2D eigenvalue weighted by molar-refractivity contribution is -0.158. The molecule has 3 aliphatic rings. The van der Waals surface area contributed by atoms with Gasteiger partial charge in [0.05, 0.1) is 6.61 Å². The Morgan fingerprint density at radius 1 is 1.36 bits per heavy atom. The van der Waals surface area contributed by atoms with Crippen LogP contribution in [0.5, 0.6) is 11.5 Å². The predicted molar refractivity (Wildman–Crippen MR) is 76.0 cm³/mol. The Kier molecular flexibility index (Phi) is 2.69. The molecule has 1 aromatic rings. The Labute approximate surface area is 127 Å². The lowest BCUT2D eigenvalue weighted by atomic mass is 9.82. The van der Waals surface area contributed by atoms with Crippen molar-refractivity contribution in [3.05, 3.63) is 29.5 Å². The van der Waals surface area contributed by atoms with Gasteiger partial charge in [0.1, 0.15) is 0 Å². The zero-order valence-electron chi connectivity index (χ0n) is 12.1. The molecule has 4 rings (SSSR count). The molecule has 0 bridgehead atoms. The minimum Gasteiger partial charge on any atom is -0.464 e. The van der Waals surface area contributed by atoms with Gasteiger partial charge in [-0.2, -0.15) is 0 Å². The van der Waals surface area contributed by atoms with E-state index in [0.29, 0.717) is 24.3 Å². The van der Waals surface area contributed by atoms with Crippen LogP contribution in [-0.2, 0) is 19.9 Å². The molecule has 1 fully saturated rings. The molecule has 6 heteroatoms. The molecule has 0 aliphatic carbocycles. The third-order valence-electron chi connectivity index (χ3n) is 4.39. The van der Waals surface area contributed by atoms with E-state index in [1.165, 1.54) is 4.90 Å². The first-order valence-electron chi connectivity index (χ1n) is 7.28. The summed E-state index contributed by atoms with van der Waals surface area (Å²) < 4.78 is 16.1. The lowest BCUT2D eigenvalue weighted by Gasteiger charge is -2.38. The second-order valence-electron chi connectivity index (χ2n) is 5.45. The number of fused-ring (bicyclic) bond motifs is 4. The maximum absolute atomic E-state index is 12.7. The van der Waals surface area contributed by atoms with Crippen LogP contribution in [0.1, 0.15) is 30.9 Å². The number of hydrogen-bond acceptors (Lipinski definition) is 5. The first kappa shape index (κ1) is 13.2. The summed E-state index contributed by atoms with van der Waals surface area (Å²) in [7, 11) is 0. The van der Waals surface area contributed by atoms with Gasteiger partial charge in [0.15, 0.2) is 17.0 Å². The van der Waals surface area contributed by atoms with E-state index < -0.39 is 11.5 Å². The van der Waals surface area contributed by atoms with E-state index in [1.807, 2.05) is 12.1 Å². The van der Waals surface area contributed by atoms with E-state index in [4.69, 9.17) is 14.2 Å². The second kappa shape index (κ2) is 4.50. The molecule has 1 amide bonds. The molecule has 3 heterocycles. The summed E-state index contributed by atoms with van der Waals surface area (Å²) in [5.41, 5.74) is 0.504. The van der Waals surface area contributed by atoms with Gasteiger partial charge >= 0.3 is 5.97 Å². The van der Waals surface area contributed by atoms with Crippen molar-refractivity contribution in [2.24, 2.45) is 0 Å². The topological polar surface area (TPSA) is 65.1 Å². The number of nitrogens with zero attached hydrogens (tertiary/aromatic N) is 1. The minimum absolute atomic E-state index is 0.0763. The SMILES string of the molecule is CCOC(=O)C12CCC(=O)N1C=Cc1cc3c(cc12)OCO3. The lowest BCUT2D eigenvalue weighted by Crippen LogP contribution is -2.49. The molecule has 0 aromatic heterocycles. The van der Waals surface area contributed by atoms with Crippen molar-refractivity contribution < 1.29 is 23.8 Å². The molecule has 1 aromatic carbocycles. The molecule has 0 spiro atoms. The first-order valence-corrected chi connectivity index (χ1v) is 7.28. The van der Waals surface area contributed by atoms with Crippen LogP contribution in [0, 0.1) is 0 Å². The van der Waals surface area contributed by atoms with Crippen molar-refractivity contribution in [3.8, 4) is 11.5 Å². The van der Waals surface area contributed by atoms with E-state index in [9.17, 15) is 9.59 Å². The van der Waals surface area contributed by atoms with Crippen LogP contribution in [0.3, 0.4) is 0 Å². The van der Waals surface area contributed by atoms with Gasteiger partial charge in [-0.3, -0.25) is 9.69 Å². The highest BCUT2D eigenvalue weighted by Crippen LogP contribution is 2.49. The van der Waals surface area contributed by atoms with E-state index in [2.05, 4.69) is 0 Å². The van der Waals surface area contributed by atoms with E-state index in [1.54, 1.807) is 19.2 Å². The molecule has 0 saturated carbocycles. The first-order chi connectivity index (χ1) is 10.7. The maximum Gasteiger partial charge on any atom is 0.337 e. The summed E-state index contributed by atoms with van der Waals surface area (Å²) in [6.07, 6.45) is 4.20. The quantitative estimate of drug-likeness (QED) is 0.779. The Morgan fingerprint density at radius 3 is 2.91 bits per heavy atom. The third-order valence-corrected chi connectivity index (χ3v) is 4.39. The third kappa shape index (κ3) is 1.55. The normalized spacial score (nSPS) is 24.2. The summed E-state index contributed by atoms with van der Waals surface area (Å²) in [5, 5.41) is 0. The summed E-state index contributed by atoms with van der Waals surface area (Å²) in [4.78, 5) is 26.4. The summed E-state index contributed by atoms with van der Waals surface area (Å²) in [5.74, 6) is 0.773. The standard InChI is InChI=1S/C16H15NO5/c1-2-20-15(19)16-5-3-14(18)17(16)6-4-10-7-12-13(8-11(10)16)22-9-21-12/h4,6-8H,2-3,5,9H2,1H3. The molecule has 1 atom stereocenters. The van der Waals surface area contributed by atoms with Crippen LogP contribution >= 0.6 is 0 Å². The van der Waals surface area contributed by atoms with Crippen molar-refractivity contribution in [2.45, 2.75) is 25.3 Å². The van der Waals surface area contributed by atoms with Crippen LogP contribution in [0.25, 0.3) is 6.08 Å². The monoisotopic (exact) mass is 301 g/mol. The summed E-state index contributed by atoms with van der Waals surface area (Å²) >= 11 is 0. The molecule has 6 nitrogen and oxygen atoms in total. The number of amides is 1. The van der Waals surface area contributed by atoms with Gasteiger partial charge < -0.3 is 14.2 Å². The van der Waals surface area contributed by atoms with Crippen molar-refractivity contribution in [2.75, 3.05) is 13.4 Å². The van der Waals surface area contributed by atoms with Crippen molar-refractivity contribution in [1.82, 2.24) is 4.90 Å². The molecule has 1 unspecified atom stereocenters. The molecule has 0 radical (unpaired) electrons. The average Bonchev–Trinajstić information content (AvgIpc) is 3.10. The van der Waals surface area contributed by atoms with Crippen molar-refractivity contribution in [1.29, 1.82) is 0 Å². The Bertz CT molecular complexity index is 711. The van der Waals surface area contributed by atoms with Gasteiger partial charge in [0.25, 0.3) is 0 Å². The van der Waals surface area contributed by atoms with Crippen molar-refractivity contribution >= 4 is 18.0 Å². The predicted octanol–water partition coefficient (Wildman–Crippen LogP) is 1.78. The Balaban J connectivity index is 1.92. The van der Waals surface area contributed by atoms with E-state index in [0.717, 1.165) is 11.1 Å². The highest BCUT2D eigenvalue weighted by atomic mass is 16.7. The zero-order valence-corrected chi connectivity index (χ0v) is 12.1. The number of ether oxygens (including phenoxy) is 3. The van der Waals surface area contributed by atoms with Gasteiger partial charge in [0.2, 0.25) is 12.7 Å². The highest BCUT2D eigenvalue weighted by Gasteiger charge is 2.55. The number of carbonyl (C=O) groups excluding carboxylic acids is 2. The zero-order chi connectivity index (χ0) is 15.3. The van der Waals surface area contributed by atoms with Crippen LogP contribution in [0.15, 0.2) is 18.3 Å². The average molecular weight is 301 g/mol. The number of hydrogen-bond donors (Lipinski definition) is 0. The van der Waals surface area contributed by atoms with Gasteiger partial charge in [-0.05, 0) is 37.1 Å². The van der Waals surface area contributed by atoms with Crippen LogP contribution in [-0.4, -0.2) is 30.2 Å². The molecule has 3 aliphatic heterocycles. The van der Waals surface area contributed by atoms with Gasteiger partial charge in [0, 0.05) is 18.2 Å². The van der Waals surface area contributed by atoms with E-state index in [-0.39, 0.29) is 19.3 Å². The van der Waals surface area contributed by atoms with Crippen LogP contribution < -0.4 is 9.47 Å². The second-order valence-corrected chi connectivity index (χ2v) is 5.45. The fourth-order valence-electron chi connectivity index (χ4n) is 3.39. The molecular weight excluding hydrogens is 286 g/mol. The number of esters is 1. The van der Waals surface area contributed by atoms with Crippen LogP contribution in [0.4, 0.5) is 0 Å². The molecule has 22 heavy (non-hydrogen) atoms. The van der Waals surface area contributed by atoms with Crippen LogP contribution in [0.2, 0.25) is 0 Å². The van der Waals surface area contributed by atoms with Gasteiger partial charge in [-0.1, -0.05) is 0 Å². The fraction of sp³-hybridized carbons (Fsp3) is 0.375. The Hall–Kier alpha value is -2.50. The number of benzene rings is 1. The van der Waals surface area contributed by atoms with Gasteiger partial charge in [-0.25, -0.2) is 4.79 Å². The molecular formula is C16H15NO5. The molecule has 1 saturated heterocycles. The maximum atomic E-state index is 12.7. The number of rotatable bonds is 2. The van der Waals surface area contributed by atoms with E-state index >= 15 is 0 Å².